The van der Waals surface area contributed by atoms with E-state index in [2.05, 4.69) is 10.0 Å². The second-order valence-corrected chi connectivity index (χ2v) is 10.2. The van der Waals surface area contributed by atoms with Crippen LogP contribution in [0.5, 0.6) is 5.75 Å². The number of sulfonamides is 1. The zero-order chi connectivity index (χ0) is 25.2. The number of carbonyl (C=O) groups is 1. The number of amides is 1. The monoisotopic (exact) mass is 497 g/mol. The molecule has 0 radical (unpaired) electrons. The number of hydrogen-bond acceptors (Lipinski definition) is 5. The third-order valence-corrected chi connectivity index (χ3v) is 7.46. The first-order valence-corrected chi connectivity index (χ1v) is 12.8. The lowest BCUT2D eigenvalue weighted by molar-refractivity contribution is 0.102. The number of nitrogens with one attached hydrogen (secondary N) is 2. The summed E-state index contributed by atoms with van der Waals surface area (Å²) < 4.78 is 49.0. The summed E-state index contributed by atoms with van der Waals surface area (Å²) in [4.78, 5) is 14.6. The van der Waals surface area contributed by atoms with E-state index in [1.807, 2.05) is 36.9 Å². The Bertz CT molecular complexity index is 1350. The number of hydrogen-bond donors (Lipinski definition) is 2. The molecule has 7 nitrogen and oxygen atoms in total. The molecule has 1 heterocycles. The smallest absolute Gasteiger partial charge is 0.265 e. The third kappa shape index (κ3) is 5.24. The Hall–Kier alpha value is -3.59. The van der Waals surface area contributed by atoms with Crippen molar-refractivity contribution in [3.05, 3.63) is 77.1 Å². The van der Waals surface area contributed by atoms with Gasteiger partial charge in [0.1, 0.15) is 16.5 Å². The van der Waals surface area contributed by atoms with Gasteiger partial charge in [0.15, 0.2) is 0 Å². The average Bonchev–Trinajstić information content (AvgIpc) is 3.36. The van der Waals surface area contributed by atoms with Crippen molar-refractivity contribution in [1.29, 1.82) is 0 Å². The zero-order valence-corrected chi connectivity index (χ0v) is 20.7. The van der Waals surface area contributed by atoms with Crippen molar-refractivity contribution in [3.63, 3.8) is 0 Å². The van der Waals surface area contributed by atoms with Gasteiger partial charge in [-0.2, -0.15) is 0 Å². The molecule has 35 heavy (non-hydrogen) atoms. The van der Waals surface area contributed by atoms with E-state index in [-0.39, 0.29) is 21.9 Å². The summed E-state index contributed by atoms with van der Waals surface area (Å²) in [6, 6.07) is 14.2. The number of carbonyl (C=O) groups excluding carboxylic acids is 1. The Morgan fingerprint density at radius 1 is 1.00 bits per heavy atom. The van der Waals surface area contributed by atoms with Crippen LogP contribution in [0.4, 0.5) is 21.5 Å². The van der Waals surface area contributed by atoms with Crippen molar-refractivity contribution in [2.24, 2.45) is 0 Å². The molecule has 1 saturated heterocycles. The first-order chi connectivity index (χ1) is 16.7. The highest BCUT2D eigenvalue weighted by Gasteiger charge is 2.23. The van der Waals surface area contributed by atoms with E-state index in [0.717, 1.165) is 37.1 Å². The van der Waals surface area contributed by atoms with Crippen LogP contribution < -0.4 is 19.7 Å². The van der Waals surface area contributed by atoms with Crippen molar-refractivity contribution in [1.82, 2.24) is 0 Å². The number of halogens is 1. The number of para-hydroxylation sites is 1. The maximum atomic E-state index is 14.7. The molecule has 3 aromatic rings. The second kappa shape index (κ2) is 9.95. The van der Waals surface area contributed by atoms with Gasteiger partial charge in [0.2, 0.25) is 0 Å². The topological polar surface area (TPSA) is 87.7 Å². The predicted octanol–water partition coefficient (Wildman–Crippen LogP) is 5.10. The SMILES string of the molecule is COc1ccc(NC(=O)c2ccc(N3CCCC3)c(F)c2)cc1S(=O)(=O)Nc1c(C)cccc1C. The number of methoxy groups -OCH3 is 1. The molecule has 184 valence electrons. The molecule has 1 amide bonds. The molecule has 0 aliphatic carbocycles. The van der Waals surface area contributed by atoms with Gasteiger partial charge in [-0.25, -0.2) is 12.8 Å². The molecular weight excluding hydrogens is 469 g/mol. The van der Waals surface area contributed by atoms with Crippen LogP contribution in [0.25, 0.3) is 0 Å². The highest BCUT2D eigenvalue weighted by molar-refractivity contribution is 7.92. The lowest BCUT2D eigenvalue weighted by Crippen LogP contribution is -2.20. The first kappa shape index (κ1) is 24.5. The Kier molecular flexibility index (Phi) is 6.98. The van der Waals surface area contributed by atoms with Crippen molar-refractivity contribution >= 4 is 33.0 Å². The predicted molar refractivity (Wildman–Crippen MR) is 136 cm³/mol. The largest absolute Gasteiger partial charge is 0.495 e. The molecule has 1 aliphatic heterocycles. The van der Waals surface area contributed by atoms with Gasteiger partial charge in [0.25, 0.3) is 15.9 Å². The fourth-order valence-electron chi connectivity index (χ4n) is 4.20. The summed E-state index contributed by atoms with van der Waals surface area (Å²) in [6.45, 7) is 5.21. The van der Waals surface area contributed by atoms with Gasteiger partial charge in [-0.05, 0) is 74.2 Å². The number of aryl methyl sites for hydroxylation is 2. The molecule has 2 N–H and O–H groups in total. The van der Waals surface area contributed by atoms with Crippen molar-refractivity contribution in [3.8, 4) is 5.75 Å². The van der Waals surface area contributed by atoms with E-state index in [4.69, 9.17) is 4.74 Å². The number of anilines is 3. The van der Waals surface area contributed by atoms with E-state index in [1.54, 1.807) is 12.1 Å². The van der Waals surface area contributed by atoms with Gasteiger partial charge in [-0.1, -0.05) is 18.2 Å². The van der Waals surface area contributed by atoms with Gasteiger partial charge >= 0.3 is 0 Å². The molecule has 0 saturated carbocycles. The summed E-state index contributed by atoms with van der Waals surface area (Å²) in [5.74, 6) is -0.883. The van der Waals surface area contributed by atoms with Crippen LogP contribution in [0.15, 0.2) is 59.5 Å². The van der Waals surface area contributed by atoms with Crippen LogP contribution >= 0.6 is 0 Å². The van der Waals surface area contributed by atoms with Crippen LogP contribution in [0, 0.1) is 19.7 Å². The average molecular weight is 498 g/mol. The minimum Gasteiger partial charge on any atom is -0.495 e. The number of rotatable bonds is 7. The number of ether oxygens (including phenoxy) is 1. The normalized spacial score (nSPS) is 13.5. The van der Waals surface area contributed by atoms with Crippen molar-refractivity contribution < 1.29 is 22.3 Å². The van der Waals surface area contributed by atoms with Gasteiger partial charge < -0.3 is 15.0 Å². The zero-order valence-electron chi connectivity index (χ0n) is 19.9. The van der Waals surface area contributed by atoms with Gasteiger partial charge in [0.05, 0.1) is 18.5 Å². The summed E-state index contributed by atoms with van der Waals surface area (Å²) >= 11 is 0. The standard InChI is InChI=1S/C26H28FN3O4S/c1-17-7-6-8-18(2)25(17)29-35(32,33)24-16-20(10-12-23(24)34-3)28-26(31)19-9-11-22(21(27)15-19)30-13-4-5-14-30/h6-12,15-16,29H,4-5,13-14H2,1-3H3,(H,28,31). The highest BCUT2D eigenvalue weighted by Crippen LogP contribution is 2.31. The molecule has 0 spiro atoms. The fraction of sp³-hybridized carbons (Fsp3) is 0.269. The summed E-state index contributed by atoms with van der Waals surface area (Å²) in [6.07, 6.45) is 2.03. The lowest BCUT2D eigenvalue weighted by atomic mass is 10.1. The minimum atomic E-state index is -4.04. The van der Waals surface area contributed by atoms with Crippen LogP contribution in [-0.2, 0) is 10.0 Å². The van der Waals surface area contributed by atoms with E-state index in [1.165, 1.54) is 31.4 Å². The molecule has 0 aromatic heterocycles. The second-order valence-electron chi connectivity index (χ2n) is 8.55. The summed E-state index contributed by atoms with van der Waals surface area (Å²) in [7, 11) is -2.67. The molecule has 0 atom stereocenters. The van der Waals surface area contributed by atoms with E-state index in [0.29, 0.717) is 11.4 Å². The Balaban J connectivity index is 1.59. The van der Waals surface area contributed by atoms with Gasteiger partial charge in [-0.15, -0.1) is 0 Å². The maximum Gasteiger partial charge on any atom is 0.265 e. The maximum absolute atomic E-state index is 14.7. The third-order valence-electron chi connectivity index (χ3n) is 6.09. The Labute approximate surface area is 205 Å². The lowest BCUT2D eigenvalue weighted by Gasteiger charge is -2.19. The highest BCUT2D eigenvalue weighted by atomic mass is 32.2. The molecule has 9 heteroatoms. The molecule has 0 bridgehead atoms. The number of nitrogens with zero attached hydrogens (tertiary/aromatic N) is 1. The van der Waals surface area contributed by atoms with Crippen LogP contribution in [0.3, 0.4) is 0 Å². The first-order valence-electron chi connectivity index (χ1n) is 11.3. The van der Waals surface area contributed by atoms with E-state index in [9.17, 15) is 17.6 Å². The molecule has 0 unspecified atom stereocenters. The van der Waals surface area contributed by atoms with Crippen LogP contribution in [0.2, 0.25) is 0 Å². The summed E-state index contributed by atoms with van der Waals surface area (Å²) in [5.41, 5.74) is 2.89. The number of benzene rings is 3. The fourth-order valence-corrected chi connectivity index (χ4v) is 5.59. The van der Waals surface area contributed by atoms with Gasteiger partial charge in [0, 0.05) is 24.3 Å². The quantitative estimate of drug-likeness (QED) is 0.474. The van der Waals surface area contributed by atoms with Gasteiger partial charge in [-0.3, -0.25) is 9.52 Å². The minimum absolute atomic E-state index is 0.128. The molecule has 1 fully saturated rings. The molecule has 3 aromatic carbocycles. The van der Waals surface area contributed by atoms with Crippen molar-refractivity contribution in [2.75, 3.05) is 35.1 Å². The Morgan fingerprint density at radius 3 is 2.31 bits per heavy atom. The van der Waals surface area contributed by atoms with E-state index < -0.39 is 21.7 Å². The molecule has 1 aliphatic rings. The Morgan fingerprint density at radius 2 is 1.69 bits per heavy atom. The van der Waals surface area contributed by atoms with Crippen molar-refractivity contribution in [2.45, 2.75) is 31.6 Å². The van der Waals surface area contributed by atoms with Crippen LogP contribution in [-0.4, -0.2) is 34.5 Å². The van der Waals surface area contributed by atoms with E-state index >= 15 is 0 Å². The molecular formula is C26H28FN3O4S. The van der Waals surface area contributed by atoms with Crippen LogP contribution in [0.1, 0.15) is 34.3 Å². The molecule has 4 rings (SSSR count). The summed E-state index contributed by atoms with van der Waals surface area (Å²) in [5, 5.41) is 2.66.